The van der Waals surface area contributed by atoms with Gasteiger partial charge in [0, 0.05) is 63.4 Å². The highest BCUT2D eigenvalue weighted by Crippen LogP contribution is 2.30. The molecule has 2 fully saturated rings. The summed E-state index contributed by atoms with van der Waals surface area (Å²) in [7, 11) is 1.69. The number of anilines is 2. The summed E-state index contributed by atoms with van der Waals surface area (Å²) < 4.78 is 7.52. The summed E-state index contributed by atoms with van der Waals surface area (Å²) >= 11 is 0. The minimum atomic E-state index is -0.0108. The molecule has 2 aliphatic heterocycles. The maximum atomic E-state index is 13.5. The summed E-state index contributed by atoms with van der Waals surface area (Å²) in [4.78, 5) is 29.6. The molecule has 2 saturated heterocycles. The molecule has 1 amide bonds. The van der Waals surface area contributed by atoms with Crippen LogP contribution >= 0.6 is 0 Å². The van der Waals surface area contributed by atoms with Gasteiger partial charge >= 0.3 is 0 Å². The number of benzene rings is 1. The first-order chi connectivity index (χ1) is 17.2. The topological polar surface area (TPSA) is 66.2 Å². The third-order valence-corrected chi connectivity index (χ3v) is 7.30. The van der Waals surface area contributed by atoms with Gasteiger partial charge in [0.2, 0.25) is 5.91 Å². The number of hydrogen-bond acceptors (Lipinski definition) is 6. The van der Waals surface area contributed by atoms with Gasteiger partial charge < -0.3 is 23.8 Å². The molecule has 35 heavy (non-hydrogen) atoms. The van der Waals surface area contributed by atoms with Crippen LogP contribution in [-0.4, -0.2) is 71.6 Å². The number of piperidine rings is 1. The molecule has 3 aromatic heterocycles. The van der Waals surface area contributed by atoms with Crippen molar-refractivity contribution in [2.45, 2.75) is 12.8 Å². The van der Waals surface area contributed by atoms with E-state index in [1.54, 1.807) is 13.3 Å². The first kappa shape index (κ1) is 21.7. The van der Waals surface area contributed by atoms with E-state index in [0.717, 1.165) is 79.5 Å². The number of ether oxygens (including phenoxy) is 1. The van der Waals surface area contributed by atoms with Crippen LogP contribution in [0.5, 0.6) is 5.75 Å². The summed E-state index contributed by atoms with van der Waals surface area (Å²) in [6, 6.07) is 16.3. The second-order valence-electron chi connectivity index (χ2n) is 9.34. The molecule has 1 atom stereocenters. The number of fused-ring (bicyclic) bond motifs is 3. The van der Waals surface area contributed by atoms with Gasteiger partial charge in [0.25, 0.3) is 0 Å². The summed E-state index contributed by atoms with van der Waals surface area (Å²) in [6.07, 6.45) is 5.74. The lowest BCUT2D eigenvalue weighted by Gasteiger charge is -2.40. The summed E-state index contributed by atoms with van der Waals surface area (Å²) in [5, 5.41) is 0. The fourth-order valence-corrected chi connectivity index (χ4v) is 5.45. The van der Waals surface area contributed by atoms with Crippen molar-refractivity contribution < 1.29 is 9.53 Å². The van der Waals surface area contributed by atoms with Gasteiger partial charge in [-0.15, -0.1) is 0 Å². The zero-order valence-corrected chi connectivity index (χ0v) is 20.0. The highest BCUT2D eigenvalue weighted by atomic mass is 16.5. The molecule has 0 radical (unpaired) electrons. The Bertz CT molecular complexity index is 1360. The van der Waals surface area contributed by atoms with Gasteiger partial charge in [-0.2, -0.15) is 0 Å². The summed E-state index contributed by atoms with van der Waals surface area (Å²) in [5.74, 6) is 2.04. The number of carbonyl (C=O) groups excluding carboxylic acids is 1. The van der Waals surface area contributed by atoms with Crippen molar-refractivity contribution in [2.24, 2.45) is 5.92 Å². The largest absolute Gasteiger partial charge is 0.497 e. The van der Waals surface area contributed by atoms with Crippen LogP contribution in [0, 0.1) is 5.92 Å². The minimum absolute atomic E-state index is 0.0108. The highest BCUT2D eigenvalue weighted by Gasteiger charge is 2.32. The molecule has 0 saturated carbocycles. The van der Waals surface area contributed by atoms with Crippen molar-refractivity contribution in [1.82, 2.24) is 19.3 Å². The van der Waals surface area contributed by atoms with Gasteiger partial charge in [-0.05, 0) is 49.2 Å². The molecule has 6 rings (SSSR count). The van der Waals surface area contributed by atoms with E-state index in [1.165, 1.54) is 0 Å². The molecule has 0 unspecified atom stereocenters. The third-order valence-electron chi connectivity index (χ3n) is 7.30. The lowest BCUT2D eigenvalue weighted by molar-refractivity contribution is -0.136. The van der Waals surface area contributed by atoms with Crippen molar-refractivity contribution in [1.29, 1.82) is 0 Å². The number of piperazine rings is 1. The maximum absolute atomic E-state index is 13.5. The second kappa shape index (κ2) is 9.09. The summed E-state index contributed by atoms with van der Waals surface area (Å²) in [6.45, 7) is 4.75. The lowest BCUT2D eigenvalue weighted by atomic mass is 9.96. The number of rotatable bonds is 4. The quantitative estimate of drug-likeness (QED) is 0.455. The standard InChI is InChI=1S/C27H30N6O2/c1-35-22-8-2-7-21(18-22)30-14-16-31(17-15-30)27(34)20-6-4-12-32(19-20)26-24-10-5-13-33(24)23-9-3-11-28-25(23)29-26/h2-3,5,7-11,13,18,20H,4,6,12,14-17,19H2,1H3/t20-/m1/s1. The number of pyridine rings is 1. The zero-order valence-electron chi connectivity index (χ0n) is 20.0. The Hall–Kier alpha value is -3.81. The number of amides is 1. The second-order valence-corrected chi connectivity index (χ2v) is 9.34. The van der Waals surface area contributed by atoms with E-state index in [0.29, 0.717) is 6.54 Å². The van der Waals surface area contributed by atoms with Gasteiger partial charge in [0.05, 0.1) is 24.1 Å². The van der Waals surface area contributed by atoms with Crippen LogP contribution in [0.15, 0.2) is 60.9 Å². The van der Waals surface area contributed by atoms with Gasteiger partial charge in [-0.3, -0.25) is 4.79 Å². The Kier molecular flexibility index (Phi) is 5.64. The van der Waals surface area contributed by atoms with Crippen LogP contribution in [0.25, 0.3) is 16.7 Å². The highest BCUT2D eigenvalue weighted by molar-refractivity contribution is 5.84. The van der Waals surface area contributed by atoms with Gasteiger partial charge in [-0.25, -0.2) is 9.97 Å². The maximum Gasteiger partial charge on any atom is 0.227 e. The van der Waals surface area contributed by atoms with Crippen molar-refractivity contribution in [2.75, 3.05) is 56.2 Å². The van der Waals surface area contributed by atoms with E-state index in [4.69, 9.17) is 9.72 Å². The zero-order chi connectivity index (χ0) is 23.8. The molecule has 0 N–H and O–H groups in total. The van der Waals surface area contributed by atoms with Crippen molar-refractivity contribution in [3.63, 3.8) is 0 Å². The average Bonchev–Trinajstić information content (AvgIpc) is 3.43. The number of hydrogen-bond donors (Lipinski definition) is 0. The van der Waals surface area contributed by atoms with E-state index < -0.39 is 0 Å². The van der Waals surface area contributed by atoms with E-state index in [2.05, 4.69) is 43.6 Å². The molecule has 2 aliphatic rings. The molecular formula is C27H30N6O2. The molecule has 8 nitrogen and oxygen atoms in total. The monoisotopic (exact) mass is 470 g/mol. The molecule has 180 valence electrons. The Morgan fingerprint density at radius 1 is 0.971 bits per heavy atom. The Morgan fingerprint density at radius 3 is 2.69 bits per heavy atom. The minimum Gasteiger partial charge on any atom is -0.497 e. The van der Waals surface area contributed by atoms with Crippen LogP contribution in [0.2, 0.25) is 0 Å². The van der Waals surface area contributed by atoms with E-state index in [1.807, 2.05) is 35.2 Å². The van der Waals surface area contributed by atoms with Crippen LogP contribution in [0.1, 0.15) is 12.8 Å². The van der Waals surface area contributed by atoms with E-state index in [9.17, 15) is 4.79 Å². The van der Waals surface area contributed by atoms with Crippen molar-refractivity contribution in [3.8, 4) is 5.75 Å². The van der Waals surface area contributed by atoms with Crippen LogP contribution < -0.4 is 14.5 Å². The molecule has 0 aliphatic carbocycles. The van der Waals surface area contributed by atoms with Gasteiger partial charge in [0.1, 0.15) is 5.75 Å². The molecule has 1 aromatic carbocycles. The number of aromatic nitrogens is 3. The summed E-state index contributed by atoms with van der Waals surface area (Å²) in [5.41, 5.74) is 3.93. The Balaban J connectivity index is 1.16. The van der Waals surface area contributed by atoms with Gasteiger partial charge in [0.15, 0.2) is 11.5 Å². The fourth-order valence-electron chi connectivity index (χ4n) is 5.45. The molecular weight excluding hydrogens is 440 g/mol. The molecule has 4 aromatic rings. The number of methoxy groups -OCH3 is 1. The predicted molar refractivity (Wildman–Crippen MR) is 137 cm³/mol. The predicted octanol–water partition coefficient (Wildman–Crippen LogP) is 3.46. The van der Waals surface area contributed by atoms with E-state index in [-0.39, 0.29) is 11.8 Å². The first-order valence-corrected chi connectivity index (χ1v) is 12.4. The lowest BCUT2D eigenvalue weighted by Crippen LogP contribution is -2.52. The fraction of sp³-hybridized carbons (Fsp3) is 0.370. The van der Waals surface area contributed by atoms with Crippen LogP contribution in [0.3, 0.4) is 0 Å². The first-order valence-electron chi connectivity index (χ1n) is 12.4. The smallest absolute Gasteiger partial charge is 0.227 e. The van der Waals surface area contributed by atoms with Crippen molar-refractivity contribution >= 4 is 34.1 Å². The number of nitrogens with zero attached hydrogens (tertiary/aromatic N) is 6. The average molecular weight is 471 g/mol. The van der Waals surface area contributed by atoms with E-state index >= 15 is 0 Å². The normalized spacial score (nSPS) is 18.9. The number of carbonyl (C=O) groups is 1. The Labute approximate surface area is 204 Å². The molecule has 5 heterocycles. The Morgan fingerprint density at radius 2 is 1.83 bits per heavy atom. The molecule has 0 spiro atoms. The van der Waals surface area contributed by atoms with Crippen LogP contribution in [0.4, 0.5) is 11.5 Å². The van der Waals surface area contributed by atoms with Gasteiger partial charge in [-0.1, -0.05) is 6.07 Å². The van der Waals surface area contributed by atoms with Crippen LogP contribution in [-0.2, 0) is 4.79 Å². The van der Waals surface area contributed by atoms with Crippen molar-refractivity contribution in [3.05, 3.63) is 60.9 Å². The molecule has 8 heteroatoms. The SMILES string of the molecule is COc1cccc(N2CCN(C(=O)[C@@H]3CCCN(c4nc5ncccc5n5cccc45)C3)CC2)c1. The third kappa shape index (κ3) is 4.03. The molecule has 0 bridgehead atoms.